The van der Waals surface area contributed by atoms with E-state index in [2.05, 4.69) is 5.32 Å². The van der Waals surface area contributed by atoms with E-state index >= 15 is 0 Å². The Labute approximate surface area is 107 Å². The lowest BCUT2D eigenvalue weighted by molar-refractivity contribution is -0.117. The monoisotopic (exact) mass is 249 g/mol. The molecule has 4 nitrogen and oxygen atoms in total. The Kier molecular flexibility index (Phi) is 3.45. The van der Waals surface area contributed by atoms with Crippen LogP contribution in [-0.2, 0) is 4.79 Å². The second-order valence-corrected chi connectivity index (χ2v) is 5.64. The van der Waals surface area contributed by atoms with Crippen molar-refractivity contribution < 1.29 is 14.3 Å². The van der Waals surface area contributed by atoms with Gasteiger partial charge in [0.2, 0.25) is 5.91 Å². The zero-order valence-electron chi connectivity index (χ0n) is 11.1. The summed E-state index contributed by atoms with van der Waals surface area (Å²) in [6.45, 7) is 7.23. The van der Waals surface area contributed by atoms with Crippen LogP contribution in [0.15, 0.2) is 18.2 Å². The predicted octanol–water partition coefficient (Wildman–Crippen LogP) is 2.83. The maximum atomic E-state index is 11.8. The molecular formula is C14H19NO3. The van der Waals surface area contributed by atoms with Crippen LogP contribution in [0.25, 0.3) is 0 Å². The van der Waals surface area contributed by atoms with E-state index in [1.54, 1.807) is 6.07 Å². The van der Waals surface area contributed by atoms with Crippen molar-refractivity contribution in [1.82, 2.24) is 0 Å². The number of hydrogen-bond acceptors (Lipinski definition) is 3. The molecule has 98 valence electrons. The van der Waals surface area contributed by atoms with E-state index in [9.17, 15) is 4.79 Å². The highest BCUT2D eigenvalue weighted by molar-refractivity contribution is 5.91. The summed E-state index contributed by atoms with van der Waals surface area (Å²) >= 11 is 0. The first-order chi connectivity index (χ1) is 8.44. The molecule has 0 aliphatic carbocycles. The average molecular weight is 249 g/mol. The molecule has 0 saturated carbocycles. The second kappa shape index (κ2) is 4.88. The molecule has 1 aromatic rings. The van der Waals surface area contributed by atoms with Crippen LogP contribution in [0.2, 0.25) is 0 Å². The van der Waals surface area contributed by atoms with E-state index < -0.39 is 0 Å². The number of nitrogens with one attached hydrogen (secondary N) is 1. The summed E-state index contributed by atoms with van der Waals surface area (Å²) in [4.78, 5) is 11.8. The summed E-state index contributed by atoms with van der Waals surface area (Å²) < 4.78 is 10.9. The lowest BCUT2D eigenvalue weighted by atomic mass is 9.92. The molecule has 1 aliphatic heterocycles. The van der Waals surface area contributed by atoms with Crippen molar-refractivity contribution in [2.45, 2.75) is 27.2 Å². The molecule has 0 saturated heterocycles. The number of rotatable bonds is 2. The van der Waals surface area contributed by atoms with Crippen molar-refractivity contribution in [3.63, 3.8) is 0 Å². The third kappa shape index (κ3) is 3.39. The van der Waals surface area contributed by atoms with Gasteiger partial charge in [-0.1, -0.05) is 20.8 Å². The summed E-state index contributed by atoms with van der Waals surface area (Å²) in [5, 5.41) is 2.87. The fourth-order valence-corrected chi connectivity index (χ4v) is 1.81. The largest absolute Gasteiger partial charge is 0.486 e. The SMILES string of the molecule is CC(C)(C)CC(=O)Nc1ccc2c(c1)OCCO2. The smallest absolute Gasteiger partial charge is 0.224 e. The van der Waals surface area contributed by atoms with Gasteiger partial charge in [-0.2, -0.15) is 0 Å². The van der Waals surface area contributed by atoms with E-state index in [1.807, 2.05) is 32.9 Å². The standard InChI is InChI=1S/C14H19NO3/c1-14(2,3)9-13(16)15-10-4-5-11-12(8-10)18-7-6-17-11/h4-5,8H,6-7,9H2,1-3H3,(H,15,16). The Morgan fingerprint density at radius 3 is 2.56 bits per heavy atom. The lowest BCUT2D eigenvalue weighted by Crippen LogP contribution is -2.20. The molecule has 1 N–H and O–H groups in total. The topological polar surface area (TPSA) is 47.6 Å². The number of ether oxygens (including phenoxy) is 2. The number of hydrogen-bond donors (Lipinski definition) is 1. The Bertz CT molecular complexity index is 449. The molecule has 0 spiro atoms. The van der Waals surface area contributed by atoms with Crippen molar-refractivity contribution in [3.05, 3.63) is 18.2 Å². The molecule has 0 atom stereocenters. The first-order valence-corrected chi connectivity index (χ1v) is 6.13. The number of amides is 1. The van der Waals surface area contributed by atoms with Gasteiger partial charge in [0.05, 0.1) is 0 Å². The van der Waals surface area contributed by atoms with Crippen LogP contribution in [0.4, 0.5) is 5.69 Å². The van der Waals surface area contributed by atoms with Gasteiger partial charge in [0, 0.05) is 18.2 Å². The molecule has 0 bridgehead atoms. The van der Waals surface area contributed by atoms with Crippen LogP contribution in [-0.4, -0.2) is 19.1 Å². The number of carbonyl (C=O) groups excluding carboxylic acids is 1. The summed E-state index contributed by atoms with van der Waals surface area (Å²) in [6, 6.07) is 5.45. The fourth-order valence-electron chi connectivity index (χ4n) is 1.81. The fraction of sp³-hybridized carbons (Fsp3) is 0.500. The summed E-state index contributed by atoms with van der Waals surface area (Å²) in [7, 11) is 0. The van der Waals surface area contributed by atoms with E-state index in [0.717, 1.165) is 11.4 Å². The van der Waals surface area contributed by atoms with E-state index in [4.69, 9.17) is 9.47 Å². The zero-order chi connectivity index (χ0) is 13.2. The van der Waals surface area contributed by atoms with Crippen LogP contribution in [0, 0.1) is 5.41 Å². The number of benzene rings is 1. The molecule has 0 radical (unpaired) electrons. The number of carbonyl (C=O) groups is 1. The van der Waals surface area contributed by atoms with Crippen LogP contribution in [0.1, 0.15) is 27.2 Å². The molecule has 1 heterocycles. The Morgan fingerprint density at radius 2 is 1.89 bits per heavy atom. The summed E-state index contributed by atoms with van der Waals surface area (Å²) in [5.74, 6) is 1.43. The van der Waals surface area contributed by atoms with Crippen molar-refractivity contribution in [3.8, 4) is 11.5 Å². The van der Waals surface area contributed by atoms with Gasteiger partial charge in [-0.15, -0.1) is 0 Å². The molecule has 0 fully saturated rings. The normalized spacial score (nSPS) is 14.2. The molecule has 1 aliphatic rings. The van der Waals surface area contributed by atoms with Gasteiger partial charge in [0.15, 0.2) is 11.5 Å². The molecule has 18 heavy (non-hydrogen) atoms. The molecule has 2 rings (SSSR count). The molecule has 0 unspecified atom stereocenters. The molecule has 1 amide bonds. The second-order valence-electron chi connectivity index (χ2n) is 5.64. The molecule has 4 heteroatoms. The van der Waals surface area contributed by atoms with Crippen LogP contribution < -0.4 is 14.8 Å². The van der Waals surface area contributed by atoms with Crippen LogP contribution in [0.3, 0.4) is 0 Å². The first-order valence-electron chi connectivity index (χ1n) is 6.13. The predicted molar refractivity (Wildman–Crippen MR) is 70.1 cm³/mol. The van der Waals surface area contributed by atoms with Crippen LogP contribution >= 0.6 is 0 Å². The van der Waals surface area contributed by atoms with E-state index in [0.29, 0.717) is 25.4 Å². The van der Waals surface area contributed by atoms with Gasteiger partial charge in [0.1, 0.15) is 13.2 Å². The highest BCUT2D eigenvalue weighted by Gasteiger charge is 2.17. The van der Waals surface area contributed by atoms with Gasteiger partial charge in [-0.25, -0.2) is 0 Å². The summed E-state index contributed by atoms with van der Waals surface area (Å²) in [5.41, 5.74) is 0.728. The van der Waals surface area contributed by atoms with Gasteiger partial charge in [0.25, 0.3) is 0 Å². The maximum Gasteiger partial charge on any atom is 0.224 e. The molecule has 0 aromatic heterocycles. The minimum Gasteiger partial charge on any atom is -0.486 e. The third-order valence-electron chi connectivity index (χ3n) is 2.52. The minimum atomic E-state index is -0.0160. The average Bonchev–Trinajstić information content (AvgIpc) is 2.26. The van der Waals surface area contributed by atoms with Crippen molar-refractivity contribution in [2.75, 3.05) is 18.5 Å². The lowest BCUT2D eigenvalue weighted by Gasteiger charge is -2.20. The Morgan fingerprint density at radius 1 is 1.22 bits per heavy atom. The first kappa shape index (κ1) is 12.7. The van der Waals surface area contributed by atoms with E-state index in [-0.39, 0.29) is 11.3 Å². The van der Waals surface area contributed by atoms with Gasteiger partial charge in [-0.05, 0) is 17.5 Å². The van der Waals surface area contributed by atoms with Crippen LogP contribution in [0.5, 0.6) is 11.5 Å². The Hall–Kier alpha value is -1.71. The van der Waals surface area contributed by atoms with Gasteiger partial charge in [-0.3, -0.25) is 4.79 Å². The zero-order valence-corrected chi connectivity index (χ0v) is 11.1. The minimum absolute atomic E-state index is 0.0131. The molecule has 1 aromatic carbocycles. The van der Waals surface area contributed by atoms with Crippen molar-refractivity contribution >= 4 is 11.6 Å². The van der Waals surface area contributed by atoms with Gasteiger partial charge < -0.3 is 14.8 Å². The molecular weight excluding hydrogens is 230 g/mol. The Balaban J connectivity index is 2.04. The number of anilines is 1. The highest BCUT2D eigenvalue weighted by Crippen LogP contribution is 2.32. The summed E-state index contributed by atoms with van der Waals surface area (Å²) in [6.07, 6.45) is 0.488. The number of fused-ring (bicyclic) bond motifs is 1. The maximum absolute atomic E-state index is 11.8. The quantitative estimate of drug-likeness (QED) is 0.876. The van der Waals surface area contributed by atoms with E-state index in [1.165, 1.54) is 0 Å². The van der Waals surface area contributed by atoms with Crippen molar-refractivity contribution in [1.29, 1.82) is 0 Å². The third-order valence-corrected chi connectivity index (χ3v) is 2.52. The van der Waals surface area contributed by atoms with Crippen molar-refractivity contribution in [2.24, 2.45) is 5.41 Å². The highest BCUT2D eigenvalue weighted by atomic mass is 16.6. The van der Waals surface area contributed by atoms with Gasteiger partial charge >= 0.3 is 0 Å².